The molecule has 0 radical (unpaired) electrons. The van der Waals surface area contributed by atoms with Crippen LogP contribution >= 0.6 is 0 Å². The number of aryl methyl sites for hydroxylation is 1. The van der Waals surface area contributed by atoms with Gasteiger partial charge in [-0.05, 0) is 48.4 Å². The smallest absolute Gasteiger partial charge is 0.266 e. The lowest BCUT2D eigenvalue weighted by molar-refractivity contribution is -0.112. The highest BCUT2D eigenvalue weighted by Crippen LogP contribution is 2.33. The Morgan fingerprint density at radius 1 is 1.22 bits per heavy atom. The molecule has 114 valence electrons. The first kappa shape index (κ1) is 14.7. The summed E-state index contributed by atoms with van der Waals surface area (Å²) in [6.45, 7) is 2.12. The van der Waals surface area contributed by atoms with Crippen molar-refractivity contribution in [3.63, 3.8) is 0 Å². The number of benzene rings is 2. The van der Waals surface area contributed by atoms with Gasteiger partial charge in [0.2, 0.25) is 6.79 Å². The number of amides is 1. The number of nitriles is 1. The third kappa shape index (κ3) is 3.33. The van der Waals surface area contributed by atoms with Gasteiger partial charge in [-0.15, -0.1) is 0 Å². The fourth-order valence-electron chi connectivity index (χ4n) is 2.24. The van der Waals surface area contributed by atoms with Gasteiger partial charge in [-0.25, -0.2) is 0 Å². The zero-order valence-electron chi connectivity index (χ0n) is 12.5. The van der Waals surface area contributed by atoms with Gasteiger partial charge in [0.15, 0.2) is 11.5 Å². The lowest BCUT2D eigenvalue weighted by atomic mass is 10.1. The molecular weight excluding hydrogens is 292 g/mol. The second-order valence-electron chi connectivity index (χ2n) is 5.11. The summed E-state index contributed by atoms with van der Waals surface area (Å²) < 4.78 is 10.5. The highest BCUT2D eigenvalue weighted by Gasteiger charge is 2.14. The molecule has 0 spiro atoms. The quantitative estimate of drug-likeness (QED) is 0.698. The fraction of sp³-hybridized carbons (Fsp3) is 0.111. The van der Waals surface area contributed by atoms with Crippen LogP contribution in [0.2, 0.25) is 0 Å². The molecule has 0 bridgehead atoms. The van der Waals surface area contributed by atoms with E-state index in [9.17, 15) is 10.1 Å². The molecule has 0 unspecified atom stereocenters. The summed E-state index contributed by atoms with van der Waals surface area (Å²) in [6, 6.07) is 14.6. The van der Waals surface area contributed by atoms with Gasteiger partial charge >= 0.3 is 0 Å². The summed E-state index contributed by atoms with van der Waals surface area (Å²) in [5.41, 5.74) is 2.40. The second-order valence-corrected chi connectivity index (χ2v) is 5.11. The summed E-state index contributed by atoms with van der Waals surface area (Å²) >= 11 is 0. The van der Waals surface area contributed by atoms with Gasteiger partial charge in [0, 0.05) is 5.69 Å². The van der Waals surface area contributed by atoms with Gasteiger partial charge < -0.3 is 14.8 Å². The average Bonchev–Trinajstić information content (AvgIpc) is 3.00. The number of ether oxygens (including phenoxy) is 2. The van der Waals surface area contributed by atoms with Crippen molar-refractivity contribution in [3.05, 3.63) is 59.2 Å². The Morgan fingerprint density at radius 2 is 2.04 bits per heavy atom. The molecule has 0 saturated carbocycles. The largest absolute Gasteiger partial charge is 0.454 e. The monoisotopic (exact) mass is 306 g/mol. The minimum absolute atomic E-state index is 0.0189. The van der Waals surface area contributed by atoms with Crippen LogP contribution in [0.15, 0.2) is 48.0 Å². The van der Waals surface area contributed by atoms with E-state index in [-0.39, 0.29) is 12.4 Å². The topological polar surface area (TPSA) is 71.4 Å². The number of carbonyl (C=O) groups is 1. The van der Waals surface area contributed by atoms with Gasteiger partial charge in [0.25, 0.3) is 5.91 Å². The van der Waals surface area contributed by atoms with Crippen molar-refractivity contribution in [1.29, 1.82) is 5.26 Å². The molecule has 1 aliphatic rings. The predicted molar refractivity (Wildman–Crippen MR) is 86.0 cm³/mol. The van der Waals surface area contributed by atoms with E-state index in [0.29, 0.717) is 22.7 Å². The SMILES string of the molecule is Cc1cccc(NC(=O)C(C#N)=Cc2ccc3c(c2)OCO3)c1. The molecule has 3 rings (SSSR count). The van der Waals surface area contributed by atoms with Crippen LogP contribution in [-0.2, 0) is 4.79 Å². The lowest BCUT2D eigenvalue weighted by Gasteiger charge is -2.05. The molecule has 2 aromatic carbocycles. The van der Waals surface area contributed by atoms with Gasteiger partial charge in [-0.1, -0.05) is 18.2 Å². The van der Waals surface area contributed by atoms with Crippen LogP contribution in [0.3, 0.4) is 0 Å². The van der Waals surface area contributed by atoms with Crippen LogP contribution in [-0.4, -0.2) is 12.7 Å². The average molecular weight is 306 g/mol. The van der Waals surface area contributed by atoms with E-state index in [1.54, 1.807) is 24.3 Å². The Bertz CT molecular complexity index is 834. The summed E-state index contributed by atoms with van der Waals surface area (Å²) in [5.74, 6) is 0.816. The van der Waals surface area contributed by atoms with Crippen molar-refractivity contribution >= 4 is 17.7 Å². The number of hydrogen-bond donors (Lipinski definition) is 1. The first-order valence-electron chi connectivity index (χ1n) is 7.05. The molecule has 5 nitrogen and oxygen atoms in total. The molecule has 1 N–H and O–H groups in total. The van der Waals surface area contributed by atoms with Crippen molar-refractivity contribution in [2.45, 2.75) is 6.92 Å². The molecule has 0 saturated heterocycles. The van der Waals surface area contributed by atoms with E-state index in [4.69, 9.17) is 9.47 Å². The highest BCUT2D eigenvalue weighted by atomic mass is 16.7. The summed E-state index contributed by atoms with van der Waals surface area (Å²) in [6.07, 6.45) is 1.52. The van der Waals surface area contributed by atoms with Crippen LogP contribution in [0, 0.1) is 18.3 Å². The van der Waals surface area contributed by atoms with Gasteiger partial charge in [-0.2, -0.15) is 5.26 Å². The van der Waals surface area contributed by atoms with E-state index < -0.39 is 5.91 Å². The maximum Gasteiger partial charge on any atom is 0.266 e. The molecule has 1 amide bonds. The second kappa shape index (κ2) is 6.24. The zero-order valence-corrected chi connectivity index (χ0v) is 12.5. The number of rotatable bonds is 3. The molecule has 1 aliphatic heterocycles. The van der Waals surface area contributed by atoms with Crippen LogP contribution in [0.1, 0.15) is 11.1 Å². The Kier molecular flexibility index (Phi) is 3.98. The van der Waals surface area contributed by atoms with E-state index >= 15 is 0 Å². The fourth-order valence-corrected chi connectivity index (χ4v) is 2.24. The Morgan fingerprint density at radius 3 is 2.83 bits per heavy atom. The van der Waals surface area contributed by atoms with Crippen LogP contribution in [0.4, 0.5) is 5.69 Å². The molecule has 0 atom stereocenters. The first-order valence-corrected chi connectivity index (χ1v) is 7.05. The predicted octanol–water partition coefficient (Wildman–Crippen LogP) is 3.27. The van der Waals surface area contributed by atoms with E-state index in [0.717, 1.165) is 5.56 Å². The minimum atomic E-state index is -0.448. The summed E-state index contributed by atoms with van der Waals surface area (Å²) in [5, 5.41) is 12.0. The summed E-state index contributed by atoms with van der Waals surface area (Å²) in [4.78, 5) is 12.2. The Hall–Kier alpha value is -3.26. The van der Waals surface area contributed by atoms with Crippen LogP contribution in [0.5, 0.6) is 11.5 Å². The molecule has 5 heteroatoms. The van der Waals surface area contributed by atoms with Gasteiger partial charge in [0.05, 0.1) is 0 Å². The summed E-state index contributed by atoms with van der Waals surface area (Å²) in [7, 11) is 0. The Labute approximate surface area is 133 Å². The molecular formula is C18H14N2O3. The number of hydrogen-bond acceptors (Lipinski definition) is 4. The van der Waals surface area contributed by atoms with E-state index in [1.165, 1.54) is 6.08 Å². The number of nitrogens with zero attached hydrogens (tertiary/aromatic N) is 1. The first-order chi connectivity index (χ1) is 11.2. The van der Waals surface area contributed by atoms with Crippen molar-refractivity contribution in [2.75, 3.05) is 12.1 Å². The van der Waals surface area contributed by atoms with Crippen molar-refractivity contribution in [2.24, 2.45) is 0 Å². The van der Waals surface area contributed by atoms with Crippen molar-refractivity contribution < 1.29 is 14.3 Å². The van der Waals surface area contributed by atoms with Gasteiger partial charge in [0.1, 0.15) is 11.6 Å². The van der Waals surface area contributed by atoms with Gasteiger partial charge in [-0.3, -0.25) is 4.79 Å². The van der Waals surface area contributed by atoms with E-state index in [2.05, 4.69) is 5.32 Å². The number of carbonyl (C=O) groups excluding carboxylic acids is 1. The number of nitrogens with one attached hydrogen (secondary N) is 1. The molecule has 0 aliphatic carbocycles. The van der Waals surface area contributed by atoms with Crippen LogP contribution in [0.25, 0.3) is 6.08 Å². The zero-order chi connectivity index (χ0) is 16.2. The molecule has 2 aromatic rings. The third-order valence-corrected chi connectivity index (χ3v) is 3.35. The Balaban J connectivity index is 1.81. The normalized spacial score (nSPS) is 12.6. The minimum Gasteiger partial charge on any atom is -0.454 e. The number of fused-ring (bicyclic) bond motifs is 1. The molecule has 0 fully saturated rings. The molecule has 1 heterocycles. The van der Waals surface area contributed by atoms with Crippen LogP contribution < -0.4 is 14.8 Å². The molecule has 0 aromatic heterocycles. The molecule has 23 heavy (non-hydrogen) atoms. The van der Waals surface area contributed by atoms with E-state index in [1.807, 2.05) is 31.2 Å². The third-order valence-electron chi connectivity index (χ3n) is 3.35. The lowest BCUT2D eigenvalue weighted by Crippen LogP contribution is -2.13. The maximum atomic E-state index is 12.2. The standard InChI is InChI=1S/C18H14N2O3/c1-12-3-2-4-15(7-12)20-18(21)14(10-19)8-13-5-6-16-17(9-13)23-11-22-16/h2-9H,11H2,1H3,(H,20,21). The van der Waals surface area contributed by atoms with Crippen molar-refractivity contribution in [1.82, 2.24) is 0 Å². The highest BCUT2D eigenvalue weighted by molar-refractivity contribution is 6.09. The maximum absolute atomic E-state index is 12.2. The number of anilines is 1. The van der Waals surface area contributed by atoms with Crippen molar-refractivity contribution in [3.8, 4) is 17.6 Å².